The number of benzene rings is 1. The molecule has 1 aromatic carbocycles. The van der Waals surface area contributed by atoms with Crippen molar-refractivity contribution in [3.05, 3.63) is 33.1 Å². The maximum absolute atomic E-state index is 13.6. The van der Waals surface area contributed by atoms with Gasteiger partial charge < -0.3 is 10.8 Å². The monoisotopic (exact) mass is 373 g/mol. The third-order valence-corrected chi connectivity index (χ3v) is 3.22. The fourth-order valence-electron chi connectivity index (χ4n) is 1.48. The minimum absolute atomic E-state index is 0. The van der Waals surface area contributed by atoms with Crippen LogP contribution in [0.25, 0.3) is 0 Å². The van der Waals surface area contributed by atoms with E-state index in [9.17, 15) is 9.50 Å². The quantitative estimate of drug-likeness (QED) is 0.782. The molecule has 2 atom stereocenters. The summed E-state index contributed by atoms with van der Waals surface area (Å²) in [7, 11) is 0. The predicted octanol–water partition coefficient (Wildman–Crippen LogP) is 3.26. The van der Waals surface area contributed by atoms with Gasteiger partial charge >= 0.3 is 0 Å². The molecular formula is C12H18ClFINO. The number of nitrogens with two attached hydrogens (primary N) is 1. The molecule has 0 fully saturated rings. The van der Waals surface area contributed by atoms with Gasteiger partial charge in [0, 0.05) is 9.13 Å². The van der Waals surface area contributed by atoms with Gasteiger partial charge in [0.2, 0.25) is 0 Å². The van der Waals surface area contributed by atoms with E-state index in [1.54, 1.807) is 12.1 Å². The molecule has 0 amide bonds. The van der Waals surface area contributed by atoms with Gasteiger partial charge in [-0.25, -0.2) is 4.39 Å². The first-order valence-electron chi connectivity index (χ1n) is 5.12. The summed E-state index contributed by atoms with van der Waals surface area (Å²) >= 11 is 2.10. The number of rotatable bonds is 2. The second kappa shape index (κ2) is 6.31. The lowest BCUT2D eigenvalue weighted by molar-refractivity contribution is 0.0391. The molecular weight excluding hydrogens is 355 g/mol. The molecule has 2 nitrogen and oxygen atoms in total. The van der Waals surface area contributed by atoms with Gasteiger partial charge in [-0.3, -0.25) is 0 Å². The summed E-state index contributed by atoms with van der Waals surface area (Å²) in [5.74, 6) is -0.365. The molecule has 0 saturated carbocycles. The van der Waals surface area contributed by atoms with E-state index < -0.39 is 12.1 Å². The highest BCUT2D eigenvalue weighted by atomic mass is 127. The van der Waals surface area contributed by atoms with Gasteiger partial charge in [0.25, 0.3) is 0 Å². The van der Waals surface area contributed by atoms with Crippen molar-refractivity contribution in [2.24, 2.45) is 11.1 Å². The first kappa shape index (κ1) is 17.1. The van der Waals surface area contributed by atoms with Crippen molar-refractivity contribution in [1.82, 2.24) is 0 Å². The Labute approximate surface area is 121 Å². The zero-order valence-electron chi connectivity index (χ0n) is 10.1. The van der Waals surface area contributed by atoms with Crippen molar-refractivity contribution in [3.8, 4) is 0 Å². The Morgan fingerprint density at radius 2 is 1.88 bits per heavy atom. The zero-order valence-corrected chi connectivity index (χ0v) is 13.0. The van der Waals surface area contributed by atoms with Crippen molar-refractivity contribution in [1.29, 1.82) is 0 Å². The molecule has 0 aliphatic rings. The molecule has 0 aliphatic heterocycles. The summed E-state index contributed by atoms with van der Waals surface area (Å²) < 4.78 is 14.5. The lowest BCUT2D eigenvalue weighted by atomic mass is 9.82. The molecule has 0 aromatic heterocycles. The molecule has 0 heterocycles. The lowest BCUT2D eigenvalue weighted by Gasteiger charge is -2.31. The van der Waals surface area contributed by atoms with Crippen LogP contribution in [0.4, 0.5) is 4.39 Å². The molecule has 3 N–H and O–H groups in total. The lowest BCUT2D eigenvalue weighted by Crippen LogP contribution is -2.37. The highest BCUT2D eigenvalue weighted by Crippen LogP contribution is 2.30. The van der Waals surface area contributed by atoms with Crippen LogP contribution in [0.5, 0.6) is 0 Å². The van der Waals surface area contributed by atoms with Crippen LogP contribution in [-0.4, -0.2) is 11.2 Å². The van der Waals surface area contributed by atoms with Gasteiger partial charge in [-0.1, -0.05) is 20.8 Å². The van der Waals surface area contributed by atoms with Crippen LogP contribution >= 0.6 is 35.0 Å². The van der Waals surface area contributed by atoms with Crippen molar-refractivity contribution < 1.29 is 9.50 Å². The SMILES string of the molecule is CC(C)(C)[C@H](O)[C@H](N)c1cc(I)ccc1F.Cl. The Kier molecular flexibility index (Phi) is 6.35. The maximum atomic E-state index is 13.6. The number of halogens is 3. The fraction of sp³-hybridized carbons (Fsp3) is 0.500. The normalized spacial score (nSPS) is 15.0. The Balaban J connectivity index is 0.00000256. The van der Waals surface area contributed by atoms with Crippen LogP contribution < -0.4 is 5.73 Å². The molecule has 0 unspecified atom stereocenters. The minimum atomic E-state index is -0.778. The number of aliphatic hydroxyl groups is 1. The molecule has 98 valence electrons. The van der Waals surface area contributed by atoms with E-state index in [2.05, 4.69) is 22.6 Å². The summed E-state index contributed by atoms with van der Waals surface area (Å²) in [5, 5.41) is 10.0. The van der Waals surface area contributed by atoms with Gasteiger partial charge in [0.15, 0.2) is 0 Å². The van der Waals surface area contributed by atoms with Crippen LogP contribution in [0.15, 0.2) is 18.2 Å². The molecule has 1 aromatic rings. The second-order valence-corrected chi connectivity index (χ2v) is 6.25. The van der Waals surface area contributed by atoms with Crippen molar-refractivity contribution in [2.75, 3.05) is 0 Å². The highest BCUT2D eigenvalue weighted by Gasteiger charge is 2.30. The van der Waals surface area contributed by atoms with Gasteiger partial charge in [-0.2, -0.15) is 0 Å². The van der Waals surface area contributed by atoms with Crippen LogP contribution in [0.1, 0.15) is 32.4 Å². The fourth-order valence-corrected chi connectivity index (χ4v) is 1.99. The summed E-state index contributed by atoms with van der Waals surface area (Å²) in [6.45, 7) is 5.63. The van der Waals surface area contributed by atoms with Gasteiger partial charge in [0.05, 0.1) is 12.1 Å². The average molecular weight is 374 g/mol. The van der Waals surface area contributed by atoms with Crippen LogP contribution in [-0.2, 0) is 0 Å². The van der Waals surface area contributed by atoms with Crippen molar-refractivity contribution >= 4 is 35.0 Å². The topological polar surface area (TPSA) is 46.2 Å². The number of hydrogen-bond donors (Lipinski definition) is 2. The smallest absolute Gasteiger partial charge is 0.128 e. The molecule has 1 rings (SSSR count). The van der Waals surface area contributed by atoms with Crippen molar-refractivity contribution in [2.45, 2.75) is 32.9 Å². The maximum Gasteiger partial charge on any atom is 0.128 e. The minimum Gasteiger partial charge on any atom is -0.391 e. The Morgan fingerprint density at radius 1 is 1.35 bits per heavy atom. The standard InChI is InChI=1S/C12H17FINO.ClH/c1-12(2,3)11(16)10(15)8-6-7(14)4-5-9(8)13;/h4-6,10-11,16H,15H2,1-3H3;1H/t10-,11-;/m1./s1. The Morgan fingerprint density at radius 3 is 2.35 bits per heavy atom. The Hall–Kier alpha value is 0.0900. The van der Waals surface area contributed by atoms with Gasteiger partial charge in [0.1, 0.15) is 5.82 Å². The van der Waals surface area contributed by atoms with E-state index in [4.69, 9.17) is 5.73 Å². The van der Waals surface area contributed by atoms with Crippen LogP contribution in [0.3, 0.4) is 0 Å². The first-order valence-corrected chi connectivity index (χ1v) is 6.20. The molecule has 5 heteroatoms. The van der Waals surface area contributed by atoms with Gasteiger partial charge in [-0.15, -0.1) is 12.4 Å². The molecule has 0 spiro atoms. The van der Waals surface area contributed by atoms with E-state index in [0.717, 1.165) is 3.57 Å². The van der Waals surface area contributed by atoms with E-state index >= 15 is 0 Å². The average Bonchev–Trinajstić information content (AvgIpc) is 2.18. The molecule has 0 bridgehead atoms. The first-order chi connectivity index (χ1) is 7.23. The summed E-state index contributed by atoms with van der Waals surface area (Å²) in [5.41, 5.74) is 5.90. The third-order valence-electron chi connectivity index (χ3n) is 2.54. The number of aliphatic hydroxyl groups excluding tert-OH is 1. The van der Waals surface area contributed by atoms with Crippen molar-refractivity contribution in [3.63, 3.8) is 0 Å². The highest BCUT2D eigenvalue weighted by molar-refractivity contribution is 14.1. The summed E-state index contributed by atoms with van der Waals surface area (Å²) in [6, 6.07) is 4.03. The second-order valence-electron chi connectivity index (χ2n) is 5.00. The van der Waals surface area contributed by atoms with Crippen LogP contribution in [0, 0.1) is 14.8 Å². The molecule has 0 aliphatic carbocycles. The molecule has 17 heavy (non-hydrogen) atoms. The zero-order chi connectivity index (χ0) is 12.5. The molecule has 0 saturated heterocycles. The summed E-state index contributed by atoms with van der Waals surface area (Å²) in [4.78, 5) is 0. The van der Waals surface area contributed by atoms with E-state index in [1.807, 2.05) is 20.8 Å². The van der Waals surface area contributed by atoms with Gasteiger partial charge in [-0.05, 0) is 46.2 Å². The Bertz CT molecular complexity index is 381. The molecule has 0 radical (unpaired) electrons. The number of hydrogen-bond acceptors (Lipinski definition) is 2. The van der Waals surface area contributed by atoms with E-state index in [0.29, 0.717) is 5.56 Å². The largest absolute Gasteiger partial charge is 0.391 e. The third kappa shape index (κ3) is 4.35. The predicted molar refractivity (Wildman–Crippen MR) is 78.8 cm³/mol. The van der Waals surface area contributed by atoms with E-state index in [-0.39, 0.29) is 23.6 Å². The summed E-state index contributed by atoms with van der Waals surface area (Å²) in [6.07, 6.45) is -0.778. The van der Waals surface area contributed by atoms with E-state index in [1.165, 1.54) is 6.07 Å². The van der Waals surface area contributed by atoms with Crippen LogP contribution in [0.2, 0.25) is 0 Å².